The van der Waals surface area contributed by atoms with Gasteiger partial charge in [0.2, 0.25) is 0 Å². The SMILES string of the molecule is COC(=O)c1cc(NS(=O)(=O)c2cc(C)ccc2C)ccc1Cl. The molecule has 0 atom stereocenters. The van der Waals surface area contributed by atoms with Gasteiger partial charge in [-0.2, -0.15) is 0 Å². The largest absolute Gasteiger partial charge is 0.465 e. The van der Waals surface area contributed by atoms with Crippen LogP contribution in [0.3, 0.4) is 0 Å². The molecule has 2 aromatic rings. The molecule has 0 fully saturated rings. The molecule has 23 heavy (non-hydrogen) atoms. The molecule has 0 saturated heterocycles. The third-order valence-electron chi connectivity index (χ3n) is 3.26. The van der Waals surface area contributed by atoms with E-state index in [0.717, 1.165) is 5.56 Å². The van der Waals surface area contributed by atoms with Crippen LogP contribution >= 0.6 is 11.6 Å². The van der Waals surface area contributed by atoms with Gasteiger partial charge in [-0.1, -0.05) is 23.7 Å². The molecule has 0 unspecified atom stereocenters. The number of nitrogens with one attached hydrogen (secondary N) is 1. The van der Waals surface area contributed by atoms with Gasteiger partial charge in [0.15, 0.2) is 0 Å². The average molecular weight is 354 g/mol. The molecule has 0 radical (unpaired) electrons. The summed E-state index contributed by atoms with van der Waals surface area (Å²) in [6.45, 7) is 3.53. The fourth-order valence-corrected chi connectivity index (χ4v) is 3.64. The first kappa shape index (κ1) is 17.3. The predicted octanol–water partition coefficient (Wildman–Crippen LogP) is 3.54. The number of anilines is 1. The standard InChI is InChI=1S/C16H16ClNO4S/c1-10-4-5-11(2)15(8-10)23(20,21)18-12-6-7-14(17)13(9-12)16(19)22-3/h4-9,18H,1-3H3. The minimum Gasteiger partial charge on any atom is -0.465 e. The molecule has 0 amide bonds. The van der Waals surface area contributed by atoms with Crippen LogP contribution in [0.15, 0.2) is 41.3 Å². The van der Waals surface area contributed by atoms with Crippen molar-refractivity contribution in [1.29, 1.82) is 0 Å². The minimum atomic E-state index is -3.77. The van der Waals surface area contributed by atoms with Gasteiger partial charge in [0.25, 0.3) is 10.0 Å². The Kier molecular flexibility index (Phi) is 4.97. The number of halogens is 1. The second-order valence-corrected chi connectivity index (χ2v) is 7.12. The number of carbonyl (C=O) groups excluding carboxylic acids is 1. The van der Waals surface area contributed by atoms with Crippen LogP contribution < -0.4 is 4.72 Å². The van der Waals surface area contributed by atoms with E-state index in [1.807, 2.05) is 13.0 Å². The van der Waals surface area contributed by atoms with Crippen LogP contribution in [-0.4, -0.2) is 21.5 Å². The molecular formula is C16H16ClNO4S. The van der Waals surface area contributed by atoms with E-state index in [1.54, 1.807) is 19.1 Å². The van der Waals surface area contributed by atoms with E-state index in [0.29, 0.717) is 5.56 Å². The topological polar surface area (TPSA) is 72.5 Å². The van der Waals surface area contributed by atoms with Gasteiger partial charge in [-0.15, -0.1) is 0 Å². The average Bonchev–Trinajstić information content (AvgIpc) is 2.50. The van der Waals surface area contributed by atoms with E-state index < -0.39 is 16.0 Å². The fraction of sp³-hybridized carbons (Fsp3) is 0.188. The van der Waals surface area contributed by atoms with Crippen molar-refractivity contribution in [2.24, 2.45) is 0 Å². The number of ether oxygens (including phenoxy) is 1. The summed E-state index contributed by atoms with van der Waals surface area (Å²) >= 11 is 5.93. The Balaban J connectivity index is 2.42. The normalized spacial score (nSPS) is 11.1. The third kappa shape index (κ3) is 3.83. The number of aryl methyl sites for hydroxylation is 2. The summed E-state index contributed by atoms with van der Waals surface area (Å²) in [6.07, 6.45) is 0. The van der Waals surface area contributed by atoms with Crippen LogP contribution in [0.2, 0.25) is 5.02 Å². The quantitative estimate of drug-likeness (QED) is 0.853. The summed E-state index contributed by atoms with van der Waals surface area (Å²) < 4.78 is 32.2. The van der Waals surface area contributed by atoms with E-state index in [-0.39, 0.29) is 21.2 Å². The zero-order valence-electron chi connectivity index (χ0n) is 12.9. The number of benzene rings is 2. The van der Waals surface area contributed by atoms with Crippen molar-refractivity contribution >= 4 is 33.3 Å². The van der Waals surface area contributed by atoms with Crippen LogP contribution in [0.5, 0.6) is 0 Å². The van der Waals surface area contributed by atoms with E-state index >= 15 is 0 Å². The van der Waals surface area contributed by atoms with Crippen molar-refractivity contribution in [2.45, 2.75) is 18.7 Å². The molecule has 0 aromatic heterocycles. The molecule has 0 heterocycles. The number of rotatable bonds is 4. The Hall–Kier alpha value is -2.05. The first-order valence-corrected chi connectivity index (χ1v) is 8.58. The van der Waals surface area contributed by atoms with E-state index in [2.05, 4.69) is 9.46 Å². The van der Waals surface area contributed by atoms with Gasteiger partial charge in [0, 0.05) is 5.69 Å². The number of sulfonamides is 1. The molecule has 7 heteroatoms. The second kappa shape index (κ2) is 6.60. The summed E-state index contributed by atoms with van der Waals surface area (Å²) in [6, 6.07) is 9.44. The van der Waals surface area contributed by atoms with E-state index in [1.165, 1.54) is 25.3 Å². The van der Waals surface area contributed by atoms with E-state index in [4.69, 9.17) is 11.6 Å². The van der Waals surface area contributed by atoms with Gasteiger partial charge in [-0.3, -0.25) is 4.72 Å². The highest BCUT2D eigenvalue weighted by molar-refractivity contribution is 7.92. The molecule has 2 rings (SSSR count). The minimum absolute atomic E-state index is 0.0929. The van der Waals surface area contributed by atoms with Gasteiger partial charge in [-0.25, -0.2) is 13.2 Å². The number of esters is 1. The first-order valence-electron chi connectivity index (χ1n) is 6.72. The second-order valence-electron chi connectivity index (χ2n) is 5.06. The molecule has 5 nitrogen and oxygen atoms in total. The summed E-state index contributed by atoms with van der Waals surface area (Å²) in [4.78, 5) is 11.8. The summed E-state index contributed by atoms with van der Waals surface area (Å²) in [5.74, 6) is -0.636. The molecule has 0 bridgehead atoms. The molecule has 122 valence electrons. The fourth-order valence-electron chi connectivity index (χ4n) is 2.06. The van der Waals surface area contributed by atoms with E-state index in [9.17, 15) is 13.2 Å². The molecule has 2 aromatic carbocycles. The number of carbonyl (C=O) groups is 1. The van der Waals surface area contributed by atoms with Gasteiger partial charge in [0.1, 0.15) is 0 Å². The highest BCUT2D eigenvalue weighted by Gasteiger charge is 2.19. The van der Waals surface area contributed by atoms with Crippen molar-refractivity contribution in [3.05, 3.63) is 58.1 Å². The summed E-state index contributed by atoms with van der Waals surface area (Å²) in [5.41, 5.74) is 1.79. The van der Waals surface area contributed by atoms with Crippen molar-refractivity contribution in [3.63, 3.8) is 0 Å². The van der Waals surface area contributed by atoms with Crippen molar-refractivity contribution in [3.8, 4) is 0 Å². The Morgan fingerprint density at radius 1 is 1.13 bits per heavy atom. The molecular weight excluding hydrogens is 338 g/mol. The highest BCUT2D eigenvalue weighted by Crippen LogP contribution is 2.25. The van der Waals surface area contributed by atoms with Gasteiger partial charge >= 0.3 is 5.97 Å². The number of methoxy groups -OCH3 is 1. The van der Waals surface area contributed by atoms with Gasteiger partial charge < -0.3 is 4.74 Å². The highest BCUT2D eigenvalue weighted by atomic mass is 35.5. The smallest absolute Gasteiger partial charge is 0.339 e. The van der Waals surface area contributed by atoms with Gasteiger partial charge in [0.05, 0.1) is 22.6 Å². The van der Waals surface area contributed by atoms with Crippen LogP contribution in [-0.2, 0) is 14.8 Å². The lowest BCUT2D eigenvalue weighted by Gasteiger charge is -2.12. The third-order valence-corrected chi connectivity index (χ3v) is 5.11. The van der Waals surface area contributed by atoms with Crippen molar-refractivity contribution in [1.82, 2.24) is 0 Å². The molecule has 0 aliphatic carbocycles. The lowest BCUT2D eigenvalue weighted by molar-refractivity contribution is 0.0601. The Morgan fingerprint density at radius 3 is 2.48 bits per heavy atom. The number of hydrogen-bond acceptors (Lipinski definition) is 4. The first-order chi connectivity index (χ1) is 10.7. The van der Waals surface area contributed by atoms with Crippen molar-refractivity contribution in [2.75, 3.05) is 11.8 Å². The van der Waals surface area contributed by atoms with Crippen LogP contribution in [0.1, 0.15) is 21.5 Å². The monoisotopic (exact) mass is 353 g/mol. The lowest BCUT2D eigenvalue weighted by atomic mass is 10.2. The molecule has 1 N–H and O–H groups in total. The Labute approximate surface area is 140 Å². The van der Waals surface area contributed by atoms with Crippen LogP contribution in [0.25, 0.3) is 0 Å². The Morgan fingerprint density at radius 2 is 1.83 bits per heavy atom. The summed E-state index contributed by atoms with van der Waals surface area (Å²) in [5, 5.41) is 0.187. The van der Waals surface area contributed by atoms with Crippen LogP contribution in [0.4, 0.5) is 5.69 Å². The lowest BCUT2D eigenvalue weighted by Crippen LogP contribution is -2.15. The zero-order chi connectivity index (χ0) is 17.2. The maximum Gasteiger partial charge on any atom is 0.339 e. The van der Waals surface area contributed by atoms with Crippen molar-refractivity contribution < 1.29 is 17.9 Å². The molecule has 0 spiro atoms. The summed E-state index contributed by atoms with van der Waals surface area (Å²) in [7, 11) is -2.55. The molecule has 0 aliphatic heterocycles. The van der Waals surface area contributed by atoms with Crippen LogP contribution in [0, 0.1) is 13.8 Å². The molecule has 0 aliphatic rings. The molecule has 0 saturated carbocycles. The maximum absolute atomic E-state index is 12.5. The Bertz CT molecular complexity index is 862. The predicted molar refractivity (Wildman–Crippen MR) is 89.5 cm³/mol. The number of hydrogen-bond donors (Lipinski definition) is 1. The van der Waals surface area contributed by atoms with Gasteiger partial charge in [-0.05, 0) is 49.2 Å². The zero-order valence-corrected chi connectivity index (χ0v) is 14.5. The maximum atomic E-state index is 12.5.